The van der Waals surface area contributed by atoms with Crippen LogP contribution in [-0.4, -0.2) is 28.1 Å². The standard InChI is InChI=1S/C17H22N2O2S/c1-12(2)17(3,21)11-18-16(20)14-10-22-15(19-14)9-13-7-5-4-6-8-13/h4-8,10,12,21H,9,11H2,1-3H3,(H,18,20). The van der Waals surface area contributed by atoms with Crippen molar-refractivity contribution in [3.05, 3.63) is 52.0 Å². The van der Waals surface area contributed by atoms with E-state index in [0.29, 0.717) is 5.69 Å². The fourth-order valence-electron chi connectivity index (χ4n) is 1.82. The number of nitrogens with one attached hydrogen (secondary N) is 1. The lowest BCUT2D eigenvalue weighted by Crippen LogP contribution is -2.44. The molecule has 1 amide bonds. The molecule has 1 unspecified atom stereocenters. The molecule has 1 aromatic carbocycles. The normalized spacial score (nSPS) is 13.9. The number of carbonyl (C=O) groups excluding carboxylic acids is 1. The number of aromatic nitrogens is 1. The van der Waals surface area contributed by atoms with Gasteiger partial charge in [-0.25, -0.2) is 4.98 Å². The van der Waals surface area contributed by atoms with Crippen LogP contribution < -0.4 is 5.32 Å². The van der Waals surface area contributed by atoms with E-state index in [0.717, 1.165) is 11.4 Å². The van der Waals surface area contributed by atoms with Crippen molar-refractivity contribution in [2.24, 2.45) is 5.92 Å². The number of hydrogen-bond acceptors (Lipinski definition) is 4. The Bertz CT molecular complexity index is 621. The van der Waals surface area contributed by atoms with Crippen molar-refractivity contribution >= 4 is 17.2 Å². The van der Waals surface area contributed by atoms with Crippen LogP contribution in [0.3, 0.4) is 0 Å². The van der Waals surface area contributed by atoms with Crippen molar-refractivity contribution in [3.63, 3.8) is 0 Å². The summed E-state index contributed by atoms with van der Waals surface area (Å²) in [5.41, 5.74) is 0.667. The second kappa shape index (κ2) is 7.03. The summed E-state index contributed by atoms with van der Waals surface area (Å²) < 4.78 is 0. The minimum Gasteiger partial charge on any atom is -0.388 e. The van der Waals surface area contributed by atoms with Crippen LogP contribution >= 0.6 is 11.3 Å². The summed E-state index contributed by atoms with van der Waals surface area (Å²) in [6.45, 7) is 5.79. The van der Waals surface area contributed by atoms with Gasteiger partial charge in [0.25, 0.3) is 5.91 Å². The van der Waals surface area contributed by atoms with E-state index in [4.69, 9.17) is 0 Å². The molecule has 1 aromatic heterocycles. The van der Waals surface area contributed by atoms with Gasteiger partial charge in [-0.2, -0.15) is 0 Å². The molecular formula is C17H22N2O2S. The number of rotatable bonds is 6. The van der Waals surface area contributed by atoms with Crippen LogP contribution in [0.4, 0.5) is 0 Å². The Morgan fingerprint density at radius 2 is 2.05 bits per heavy atom. The monoisotopic (exact) mass is 318 g/mol. The van der Waals surface area contributed by atoms with E-state index in [-0.39, 0.29) is 18.4 Å². The summed E-state index contributed by atoms with van der Waals surface area (Å²) in [7, 11) is 0. The third-order valence-electron chi connectivity index (χ3n) is 3.83. The molecule has 2 N–H and O–H groups in total. The first-order chi connectivity index (χ1) is 10.4. The van der Waals surface area contributed by atoms with E-state index in [1.54, 1.807) is 12.3 Å². The van der Waals surface area contributed by atoms with Crippen LogP contribution in [0.25, 0.3) is 0 Å². The first kappa shape index (κ1) is 16.6. The van der Waals surface area contributed by atoms with Crippen molar-refractivity contribution in [1.82, 2.24) is 10.3 Å². The maximum absolute atomic E-state index is 12.1. The molecule has 2 rings (SSSR count). The van der Waals surface area contributed by atoms with Crippen molar-refractivity contribution in [2.75, 3.05) is 6.54 Å². The topological polar surface area (TPSA) is 62.2 Å². The Morgan fingerprint density at radius 1 is 1.36 bits per heavy atom. The van der Waals surface area contributed by atoms with Gasteiger partial charge in [0.15, 0.2) is 0 Å². The summed E-state index contributed by atoms with van der Waals surface area (Å²) >= 11 is 1.48. The fourth-order valence-corrected chi connectivity index (χ4v) is 2.63. The Kier molecular flexibility index (Phi) is 5.32. The molecule has 5 heteroatoms. The Morgan fingerprint density at radius 3 is 2.68 bits per heavy atom. The van der Waals surface area contributed by atoms with Crippen molar-refractivity contribution in [3.8, 4) is 0 Å². The maximum atomic E-state index is 12.1. The molecule has 1 atom stereocenters. The zero-order chi connectivity index (χ0) is 16.2. The highest BCUT2D eigenvalue weighted by atomic mass is 32.1. The van der Waals surface area contributed by atoms with Gasteiger partial charge in [0.05, 0.1) is 10.6 Å². The van der Waals surface area contributed by atoms with Crippen LogP contribution in [0.2, 0.25) is 0 Å². The predicted octanol–water partition coefficient (Wildman–Crippen LogP) is 2.87. The molecule has 0 fully saturated rings. The predicted molar refractivity (Wildman–Crippen MR) is 89.2 cm³/mol. The number of aliphatic hydroxyl groups is 1. The lowest BCUT2D eigenvalue weighted by Gasteiger charge is -2.27. The molecule has 0 aliphatic carbocycles. The number of benzene rings is 1. The molecular weight excluding hydrogens is 296 g/mol. The Balaban J connectivity index is 1.95. The van der Waals surface area contributed by atoms with Crippen LogP contribution in [-0.2, 0) is 6.42 Å². The van der Waals surface area contributed by atoms with Crippen molar-refractivity contribution in [2.45, 2.75) is 32.8 Å². The molecule has 118 valence electrons. The maximum Gasteiger partial charge on any atom is 0.270 e. The summed E-state index contributed by atoms with van der Waals surface area (Å²) in [5.74, 6) is -0.173. The second-order valence-corrected chi connectivity index (χ2v) is 6.93. The van der Waals surface area contributed by atoms with E-state index >= 15 is 0 Å². The number of nitrogens with zero attached hydrogens (tertiary/aromatic N) is 1. The van der Waals surface area contributed by atoms with E-state index in [2.05, 4.69) is 10.3 Å². The highest BCUT2D eigenvalue weighted by Gasteiger charge is 2.25. The van der Waals surface area contributed by atoms with Crippen molar-refractivity contribution in [1.29, 1.82) is 0 Å². The molecule has 0 saturated heterocycles. The van der Waals surface area contributed by atoms with Crippen LogP contribution in [0.5, 0.6) is 0 Å². The minimum atomic E-state index is -0.918. The van der Waals surface area contributed by atoms with Gasteiger partial charge in [-0.3, -0.25) is 4.79 Å². The van der Waals surface area contributed by atoms with Gasteiger partial charge in [-0.05, 0) is 18.4 Å². The van der Waals surface area contributed by atoms with E-state index < -0.39 is 5.60 Å². The Labute approximate surface area is 135 Å². The Hall–Kier alpha value is -1.72. The number of carbonyl (C=O) groups is 1. The molecule has 0 saturated carbocycles. The molecule has 0 aliphatic heterocycles. The van der Waals surface area contributed by atoms with Crippen LogP contribution in [0, 0.1) is 5.92 Å². The third kappa shape index (κ3) is 4.39. The SMILES string of the molecule is CC(C)C(C)(O)CNC(=O)c1csc(Cc2ccccc2)n1. The number of hydrogen-bond donors (Lipinski definition) is 2. The second-order valence-electron chi connectivity index (χ2n) is 5.98. The van der Waals surface area contributed by atoms with Gasteiger partial charge in [-0.1, -0.05) is 44.2 Å². The third-order valence-corrected chi connectivity index (χ3v) is 4.68. The largest absolute Gasteiger partial charge is 0.388 e. The van der Waals surface area contributed by atoms with Gasteiger partial charge < -0.3 is 10.4 Å². The summed E-state index contributed by atoms with van der Waals surface area (Å²) in [4.78, 5) is 16.5. The van der Waals surface area contributed by atoms with Crippen molar-refractivity contribution < 1.29 is 9.90 Å². The quantitative estimate of drug-likeness (QED) is 0.861. The van der Waals surface area contributed by atoms with E-state index in [1.165, 1.54) is 16.9 Å². The van der Waals surface area contributed by atoms with E-state index in [9.17, 15) is 9.90 Å². The molecule has 0 radical (unpaired) electrons. The molecule has 0 bridgehead atoms. The molecule has 1 heterocycles. The smallest absolute Gasteiger partial charge is 0.270 e. The zero-order valence-electron chi connectivity index (χ0n) is 13.2. The lowest BCUT2D eigenvalue weighted by atomic mass is 9.92. The molecule has 0 spiro atoms. The highest BCUT2D eigenvalue weighted by molar-refractivity contribution is 7.09. The molecule has 22 heavy (non-hydrogen) atoms. The average molecular weight is 318 g/mol. The van der Waals surface area contributed by atoms with Gasteiger partial charge in [0, 0.05) is 18.3 Å². The summed E-state index contributed by atoms with van der Waals surface area (Å²) in [5, 5.41) is 15.6. The van der Waals surface area contributed by atoms with Gasteiger partial charge >= 0.3 is 0 Å². The zero-order valence-corrected chi connectivity index (χ0v) is 14.0. The van der Waals surface area contributed by atoms with Crippen LogP contribution in [0.15, 0.2) is 35.7 Å². The van der Waals surface area contributed by atoms with Crippen LogP contribution in [0.1, 0.15) is 41.8 Å². The first-order valence-electron chi connectivity index (χ1n) is 7.37. The lowest BCUT2D eigenvalue weighted by molar-refractivity contribution is 0.0142. The van der Waals surface area contributed by atoms with Gasteiger partial charge in [0.1, 0.15) is 5.69 Å². The van der Waals surface area contributed by atoms with Gasteiger partial charge in [0.2, 0.25) is 0 Å². The number of thiazole rings is 1. The molecule has 2 aromatic rings. The molecule has 4 nitrogen and oxygen atoms in total. The van der Waals surface area contributed by atoms with Gasteiger partial charge in [-0.15, -0.1) is 11.3 Å². The molecule has 0 aliphatic rings. The first-order valence-corrected chi connectivity index (χ1v) is 8.25. The summed E-state index contributed by atoms with van der Waals surface area (Å²) in [6, 6.07) is 10.0. The number of amides is 1. The average Bonchev–Trinajstić information content (AvgIpc) is 2.94. The van der Waals surface area contributed by atoms with E-state index in [1.807, 2.05) is 44.2 Å². The summed E-state index contributed by atoms with van der Waals surface area (Å²) in [6.07, 6.45) is 0.725. The fraction of sp³-hybridized carbons (Fsp3) is 0.412. The highest BCUT2D eigenvalue weighted by Crippen LogP contribution is 2.16. The minimum absolute atomic E-state index is 0.0666.